The Bertz CT molecular complexity index is 1050. The van der Waals surface area contributed by atoms with Crippen molar-refractivity contribution in [2.24, 2.45) is 15.4 Å². The summed E-state index contributed by atoms with van der Waals surface area (Å²) < 4.78 is 12.8. The van der Waals surface area contributed by atoms with Crippen LogP contribution in [-0.4, -0.2) is 37.1 Å². The van der Waals surface area contributed by atoms with Crippen LogP contribution in [0.5, 0.6) is 0 Å². The highest BCUT2D eigenvalue weighted by Crippen LogP contribution is 2.48. The third-order valence-corrected chi connectivity index (χ3v) is 8.91. The van der Waals surface area contributed by atoms with E-state index in [4.69, 9.17) is 19.5 Å². The molecule has 2 aromatic carbocycles. The van der Waals surface area contributed by atoms with Crippen molar-refractivity contribution in [1.29, 1.82) is 0 Å². The molecule has 2 aromatic rings. The zero-order chi connectivity index (χ0) is 21.8. The van der Waals surface area contributed by atoms with Crippen LogP contribution in [0.25, 0.3) is 0 Å². The number of benzene rings is 2. The molecule has 0 aromatic heterocycles. The maximum atomic E-state index is 6.40. The van der Waals surface area contributed by atoms with Gasteiger partial charge in [-0.25, -0.2) is 9.98 Å². The van der Waals surface area contributed by atoms with Gasteiger partial charge < -0.3 is 9.47 Å². The first-order valence-electron chi connectivity index (χ1n) is 12.9. The lowest BCUT2D eigenvalue weighted by Crippen LogP contribution is -2.37. The first kappa shape index (κ1) is 19.8. The molecule has 0 N–H and O–H groups in total. The molecule has 0 radical (unpaired) electrons. The molecule has 0 saturated heterocycles. The van der Waals surface area contributed by atoms with Crippen molar-refractivity contribution < 1.29 is 9.47 Å². The lowest BCUT2D eigenvalue weighted by atomic mass is 9.85. The Balaban J connectivity index is 1.17. The molecule has 4 nitrogen and oxygen atoms in total. The second-order valence-corrected chi connectivity index (χ2v) is 10.6. The van der Waals surface area contributed by atoms with E-state index in [0.717, 1.165) is 37.5 Å². The predicted molar refractivity (Wildman–Crippen MR) is 130 cm³/mol. The van der Waals surface area contributed by atoms with E-state index in [2.05, 4.69) is 48.5 Å². The number of nitrogens with zero attached hydrogens (tertiary/aromatic N) is 2. The summed E-state index contributed by atoms with van der Waals surface area (Å²) in [5.41, 5.74) is 5.70. The average molecular weight is 441 g/mol. The highest BCUT2D eigenvalue weighted by Gasteiger charge is 2.52. The van der Waals surface area contributed by atoms with Crippen LogP contribution in [0.2, 0.25) is 0 Å². The van der Waals surface area contributed by atoms with Gasteiger partial charge >= 0.3 is 0 Å². The van der Waals surface area contributed by atoms with Crippen molar-refractivity contribution in [3.63, 3.8) is 0 Å². The van der Waals surface area contributed by atoms with E-state index in [0.29, 0.717) is 25.0 Å². The zero-order valence-corrected chi connectivity index (χ0v) is 19.2. The van der Waals surface area contributed by atoms with Crippen molar-refractivity contribution in [2.75, 3.05) is 13.2 Å². The summed E-state index contributed by atoms with van der Waals surface area (Å²) >= 11 is 0. The second-order valence-electron chi connectivity index (χ2n) is 10.6. The number of hydrogen-bond acceptors (Lipinski definition) is 4. The normalized spacial score (nSPS) is 31.5. The van der Waals surface area contributed by atoms with Gasteiger partial charge in [0.1, 0.15) is 18.6 Å². The fraction of sp³-hybridized carbons (Fsp3) is 0.517. The molecule has 4 atom stereocenters. The highest BCUT2D eigenvalue weighted by molar-refractivity contribution is 6.06. The van der Waals surface area contributed by atoms with Crippen LogP contribution >= 0.6 is 0 Å². The Morgan fingerprint density at radius 1 is 0.667 bits per heavy atom. The zero-order valence-electron chi connectivity index (χ0n) is 19.2. The predicted octanol–water partition coefficient (Wildman–Crippen LogP) is 5.60. The summed E-state index contributed by atoms with van der Waals surface area (Å²) in [6.45, 7) is 1.39. The van der Waals surface area contributed by atoms with E-state index in [9.17, 15) is 0 Å². The van der Waals surface area contributed by atoms with Gasteiger partial charge in [-0.1, -0.05) is 61.4 Å². The third kappa shape index (κ3) is 3.09. The topological polar surface area (TPSA) is 43.2 Å². The number of aryl methyl sites for hydroxylation is 2. The van der Waals surface area contributed by atoms with Crippen LogP contribution < -0.4 is 0 Å². The summed E-state index contributed by atoms with van der Waals surface area (Å²) in [7, 11) is 0. The molecule has 2 heterocycles. The quantitative estimate of drug-likeness (QED) is 0.621. The summed E-state index contributed by atoms with van der Waals surface area (Å²) in [5, 5.41) is 0. The summed E-state index contributed by atoms with van der Waals surface area (Å²) in [4.78, 5) is 10.5. The average Bonchev–Trinajstić information content (AvgIpc) is 3.66. The van der Waals surface area contributed by atoms with E-state index in [1.807, 2.05) is 0 Å². The molecular weight excluding hydrogens is 408 g/mol. The lowest BCUT2D eigenvalue weighted by Gasteiger charge is -2.27. The van der Waals surface area contributed by atoms with Crippen LogP contribution in [0, 0.1) is 5.41 Å². The molecule has 0 spiro atoms. The molecule has 0 bridgehead atoms. The largest absolute Gasteiger partial charge is 0.478 e. The number of ether oxygens (including phenoxy) is 2. The minimum Gasteiger partial charge on any atom is -0.478 e. The van der Waals surface area contributed by atoms with Gasteiger partial charge in [0.25, 0.3) is 0 Å². The minimum atomic E-state index is -0.236. The van der Waals surface area contributed by atoms with Gasteiger partial charge in [-0.15, -0.1) is 0 Å². The maximum absolute atomic E-state index is 6.40. The Labute approximate surface area is 196 Å². The molecule has 0 amide bonds. The first-order valence-corrected chi connectivity index (χ1v) is 12.9. The Morgan fingerprint density at radius 3 is 1.67 bits per heavy atom. The van der Waals surface area contributed by atoms with Crippen molar-refractivity contribution in [2.45, 2.75) is 75.3 Å². The van der Waals surface area contributed by atoms with Crippen LogP contribution in [0.15, 0.2) is 58.5 Å². The molecule has 2 unspecified atom stereocenters. The molecule has 3 aliphatic carbocycles. The van der Waals surface area contributed by atoms with Crippen LogP contribution in [0.1, 0.15) is 72.6 Å². The summed E-state index contributed by atoms with van der Waals surface area (Å²) in [6.07, 6.45) is 9.16. The molecule has 1 saturated carbocycles. The minimum absolute atomic E-state index is 0.223. The van der Waals surface area contributed by atoms with Gasteiger partial charge in [0.15, 0.2) is 11.8 Å². The maximum Gasteiger partial charge on any atom is 0.199 e. The molecule has 5 aliphatic rings. The molecule has 33 heavy (non-hydrogen) atoms. The van der Waals surface area contributed by atoms with Crippen LogP contribution in [-0.2, 0) is 22.3 Å². The molecule has 1 fully saturated rings. The van der Waals surface area contributed by atoms with Gasteiger partial charge in [0.2, 0.25) is 0 Å². The Kier molecular flexibility index (Phi) is 4.63. The van der Waals surface area contributed by atoms with E-state index in [-0.39, 0.29) is 17.5 Å². The van der Waals surface area contributed by atoms with Gasteiger partial charge in [0, 0.05) is 11.8 Å². The fourth-order valence-electron chi connectivity index (χ4n) is 7.19. The SMILES string of the molecule is c1ccc2c(c1)CCC2[C@H]1COC(C2(C3=N[C@@H](C4CCc5ccccc54)CO3)CCCC2)=N1. The highest BCUT2D eigenvalue weighted by atomic mass is 16.5. The standard InChI is InChI=1S/C29H32N2O2/c1-3-9-21-19(7-1)11-13-23(21)25-17-32-27(30-25)29(15-5-6-16-29)28-31-26(18-33-28)24-14-12-20-8-2-4-10-22(20)24/h1-4,7-10,23-26H,5-6,11-18H2/t23?,24?,25-,26-/m1/s1. The lowest BCUT2D eigenvalue weighted by molar-refractivity contribution is 0.244. The number of fused-ring (bicyclic) bond motifs is 2. The fourth-order valence-corrected chi connectivity index (χ4v) is 7.19. The molecule has 170 valence electrons. The van der Waals surface area contributed by atoms with E-state index in [1.54, 1.807) is 0 Å². The van der Waals surface area contributed by atoms with Crippen LogP contribution in [0.3, 0.4) is 0 Å². The molecule has 7 rings (SSSR count). The van der Waals surface area contributed by atoms with Gasteiger partial charge in [-0.05, 0) is 60.8 Å². The van der Waals surface area contributed by atoms with Gasteiger partial charge in [0.05, 0.1) is 12.1 Å². The summed E-state index contributed by atoms with van der Waals surface area (Å²) in [5.74, 6) is 2.79. The first-order chi connectivity index (χ1) is 16.3. The van der Waals surface area contributed by atoms with Crippen molar-refractivity contribution in [3.8, 4) is 0 Å². The molecule has 2 aliphatic heterocycles. The van der Waals surface area contributed by atoms with E-state index < -0.39 is 0 Å². The van der Waals surface area contributed by atoms with Gasteiger partial charge in [-0.2, -0.15) is 0 Å². The number of rotatable bonds is 4. The second kappa shape index (κ2) is 7.72. The number of hydrogen-bond donors (Lipinski definition) is 0. The van der Waals surface area contributed by atoms with Crippen molar-refractivity contribution in [1.82, 2.24) is 0 Å². The Hall–Kier alpha value is -2.62. The smallest absolute Gasteiger partial charge is 0.199 e. The van der Waals surface area contributed by atoms with Crippen LogP contribution in [0.4, 0.5) is 0 Å². The van der Waals surface area contributed by atoms with E-state index >= 15 is 0 Å². The molecule has 4 heteroatoms. The summed E-state index contributed by atoms with van der Waals surface area (Å²) in [6, 6.07) is 18.2. The van der Waals surface area contributed by atoms with Crippen molar-refractivity contribution in [3.05, 3.63) is 70.8 Å². The molecular formula is C29H32N2O2. The third-order valence-electron chi connectivity index (χ3n) is 8.91. The Morgan fingerprint density at radius 2 is 1.15 bits per heavy atom. The van der Waals surface area contributed by atoms with Crippen molar-refractivity contribution >= 4 is 11.8 Å². The monoisotopic (exact) mass is 440 g/mol. The van der Waals surface area contributed by atoms with Gasteiger partial charge in [-0.3, -0.25) is 0 Å². The number of aliphatic imine (C=N–C) groups is 2. The van der Waals surface area contributed by atoms with E-state index in [1.165, 1.54) is 47.9 Å².